The summed E-state index contributed by atoms with van der Waals surface area (Å²) >= 11 is 0. The molecular weight excluding hydrogens is 266 g/mol. The number of aliphatic carboxylic acids is 1. The topological polar surface area (TPSA) is 59.4 Å². The van der Waals surface area contributed by atoms with Crippen molar-refractivity contribution in [1.82, 2.24) is 4.98 Å². The SMILES string of the molecule is O=C(O)COCCc1ccc2ncc3ccccc3c2c1. The average Bonchev–Trinajstić information content (AvgIpc) is 2.51. The number of benzene rings is 2. The maximum Gasteiger partial charge on any atom is 0.329 e. The van der Waals surface area contributed by atoms with Crippen LogP contribution in [-0.2, 0) is 16.0 Å². The summed E-state index contributed by atoms with van der Waals surface area (Å²) in [7, 11) is 0. The maximum absolute atomic E-state index is 10.4. The second kappa shape index (κ2) is 5.89. The van der Waals surface area contributed by atoms with Crippen LogP contribution in [0.2, 0.25) is 0 Å². The smallest absolute Gasteiger partial charge is 0.329 e. The molecule has 106 valence electrons. The van der Waals surface area contributed by atoms with Crippen molar-refractivity contribution in [2.75, 3.05) is 13.2 Å². The molecule has 0 radical (unpaired) electrons. The van der Waals surface area contributed by atoms with E-state index < -0.39 is 5.97 Å². The zero-order valence-electron chi connectivity index (χ0n) is 11.5. The Bertz CT molecular complexity index is 798. The molecule has 4 nitrogen and oxygen atoms in total. The van der Waals surface area contributed by atoms with Crippen molar-refractivity contribution in [3.63, 3.8) is 0 Å². The molecule has 0 atom stereocenters. The van der Waals surface area contributed by atoms with E-state index in [1.807, 2.05) is 36.5 Å². The van der Waals surface area contributed by atoms with E-state index in [4.69, 9.17) is 9.84 Å². The molecule has 0 spiro atoms. The minimum Gasteiger partial charge on any atom is -0.480 e. The number of aromatic nitrogens is 1. The van der Waals surface area contributed by atoms with Gasteiger partial charge in [-0.25, -0.2) is 4.79 Å². The van der Waals surface area contributed by atoms with Crippen LogP contribution in [-0.4, -0.2) is 29.3 Å². The van der Waals surface area contributed by atoms with Gasteiger partial charge in [0.25, 0.3) is 0 Å². The summed E-state index contributed by atoms with van der Waals surface area (Å²) in [5.41, 5.74) is 2.08. The Morgan fingerprint density at radius 1 is 1.14 bits per heavy atom. The summed E-state index contributed by atoms with van der Waals surface area (Å²) in [6.07, 6.45) is 2.57. The predicted molar refractivity (Wildman–Crippen MR) is 81.4 cm³/mol. The summed E-state index contributed by atoms with van der Waals surface area (Å²) in [6, 6.07) is 14.3. The molecule has 0 amide bonds. The predicted octanol–water partition coefficient (Wildman–Crippen LogP) is 3.03. The van der Waals surface area contributed by atoms with Crippen molar-refractivity contribution in [1.29, 1.82) is 0 Å². The fourth-order valence-electron chi connectivity index (χ4n) is 2.41. The Balaban J connectivity index is 1.88. The van der Waals surface area contributed by atoms with Crippen LogP contribution in [0.15, 0.2) is 48.7 Å². The molecule has 0 saturated carbocycles. The number of ether oxygens (including phenoxy) is 1. The molecule has 2 aromatic carbocycles. The number of pyridine rings is 1. The highest BCUT2D eigenvalue weighted by Gasteiger charge is 2.03. The van der Waals surface area contributed by atoms with Crippen molar-refractivity contribution >= 4 is 27.6 Å². The monoisotopic (exact) mass is 281 g/mol. The molecular formula is C17H15NO3. The highest BCUT2D eigenvalue weighted by atomic mass is 16.5. The lowest BCUT2D eigenvalue weighted by Gasteiger charge is -2.06. The fourth-order valence-corrected chi connectivity index (χ4v) is 2.41. The van der Waals surface area contributed by atoms with Crippen LogP contribution < -0.4 is 0 Å². The summed E-state index contributed by atoms with van der Waals surface area (Å²) in [5.74, 6) is -0.941. The average molecular weight is 281 g/mol. The van der Waals surface area contributed by atoms with E-state index in [2.05, 4.69) is 17.1 Å². The van der Waals surface area contributed by atoms with E-state index in [0.717, 1.165) is 21.9 Å². The maximum atomic E-state index is 10.4. The molecule has 0 fully saturated rings. The van der Waals surface area contributed by atoms with Crippen LogP contribution in [0.4, 0.5) is 0 Å². The minimum absolute atomic E-state index is 0.252. The summed E-state index contributed by atoms with van der Waals surface area (Å²) in [4.78, 5) is 14.9. The van der Waals surface area contributed by atoms with Gasteiger partial charge in [-0.2, -0.15) is 0 Å². The number of hydrogen-bond acceptors (Lipinski definition) is 3. The van der Waals surface area contributed by atoms with Crippen molar-refractivity contribution in [2.45, 2.75) is 6.42 Å². The van der Waals surface area contributed by atoms with E-state index >= 15 is 0 Å². The van der Waals surface area contributed by atoms with E-state index in [9.17, 15) is 4.79 Å². The first-order valence-corrected chi connectivity index (χ1v) is 6.80. The van der Waals surface area contributed by atoms with Crippen molar-refractivity contribution in [2.24, 2.45) is 0 Å². The van der Waals surface area contributed by atoms with Crippen molar-refractivity contribution in [3.05, 3.63) is 54.2 Å². The van der Waals surface area contributed by atoms with Gasteiger partial charge < -0.3 is 9.84 Å². The molecule has 1 N–H and O–H groups in total. The highest BCUT2D eigenvalue weighted by molar-refractivity contribution is 6.05. The quantitative estimate of drug-likeness (QED) is 0.577. The molecule has 0 aliphatic carbocycles. The molecule has 1 aromatic heterocycles. The molecule has 4 heteroatoms. The zero-order valence-corrected chi connectivity index (χ0v) is 11.5. The molecule has 0 aliphatic rings. The second-order valence-electron chi connectivity index (χ2n) is 4.89. The van der Waals surface area contributed by atoms with Gasteiger partial charge in [0.2, 0.25) is 0 Å². The Morgan fingerprint density at radius 3 is 2.86 bits per heavy atom. The number of hydrogen-bond donors (Lipinski definition) is 1. The lowest BCUT2D eigenvalue weighted by atomic mass is 10.0. The molecule has 1 heterocycles. The molecule has 3 aromatic rings. The third-order valence-electron chi connectivity index (χ3n) is 3.42. The molecule has 0 bridgehead atoms. The Kier molecular flexibility index (Phi) is 3.79. The Hall–Kier alpha value is -2.46. The zero-order chi connectivity index (χ0) is 14.7. The first-order valence-electron chi connectivity index (χ1n) is 6.80. The highest BCUT2D eigenvalue weighted by Crippen LogP contribution is 2.24. The van der Waals surface area contributed by atoms with Gasteiger partial charge in [0, 0.05) is 17.0 Å². The van der Waals surface area contributed by atoms with E-state index in [-0.39, 0.29) is 6.61 Å². The number of carbonyl (C=O) groups is 1. The molecule has 0 aliphatic heterocycles. The first-order chi connectivity index (χ1) is 10.2. The van der Waals surface area contributed by atoms with Gasteiger partial charge in [-0.15, -0.1) is 0 Å². The van der Waals surface area contributed by atoms with E-state index in [0.29, 0.717) is 13.0 Å². The van der Waals surface area contributed by atoms with Crippen LogP contribution in [0, 0.1) is 0 Å². The number of carboxylic acid groups (broad SMARTS) is 1. The first kappa shape index (κ1) is 13.5. The van der Waals surface area contributed by atoms with Gasteiger partial charge in [0.15, 0.2) is 0 Å². The van der Waals surface area contributed by atoms with Gasteiger partial charge in [-0.1, -0.05) is 30.3 Å². The normalized spacial score (nSPS) is 11.0. The number of fused-ring (bicyclic) bond motifs is 3. The lowest BCUT2D eigenvalue weighted by Crippen LogP contribution is -2.09. The summed E-state index contributed by atoms with van der Waals surface area (Å²) in [5, 5.41) is 11.9. The van der Waals surface area contributed by atoms with Crippen LogP contribution >= 0.6 is 0 Å². The van der Waals surface area contributed by atoms with E-state index in [1.54, 1.807) is 0 Å². The molecule has 21 heavy (non-hydrogen) atoms. The van der Waals surface area contributed by atoms with Gasteiger partial charge in [0.05, 0.1) is 12.1 Å². The summed E-state index contributed by atoms with van der Waals surface area (Å²) in [6.45, 7) is 0.147. The number of rotatable bonds is 5. The third-order valence-corrected chi connectivity index (χ3v) is 3.42. The van der Waals surface area contributed by atoms with Gasteiger partial charge in [-0.3, -0.25) is 4.98 Å². The van der Waals surface area contributed by atoms with Gasteiger partial charge in [0.1, 0.15) is 6.61 Å². The Morgan fingerprint density at radius 2 is 2.00 bits per heavy atom. The lowest BCUT2D eigenvalue weighted by molar-refractivity contribution is -0.142. The van der Waals surface area contributed by atoms with Crippen LogP contribution in [0.25, 0.3) is 21.7 Å². The van der Waals surface area contributed by atoms with E-state index in [1.165, 1.54) is 5.39 Å². The number of carboxylic acids is 1. The molecule has 3 rings (SSSR count). The van der Waals surface area contributed by atoms with Gasteiger partial charge >= 0.3 is 5.97 Å². The third kappa shape index (κ3) is 3.01. The number of nitrogens with zero attached hydrogens (tertiary/aromatic N) is 1. The summed E-state index contributed by atoms with van der Waals surface area (Å²) < 4.78 is 5.08. The largest absolute Gasteiger partial charge is 0.480 e. The van der Waals surface area contributed by atoms with Gasteiger partial charge in [-0.05, 0) is 29.5 Å². The fraction of sp³-hybridized carbons (Fsp3) is 0.176. The van der Waals surface area contributed by atoms with Crippen molar-refractivity contribution < 1.29 is 14.6 Å². The minimum atomic E-state index is -0.941. The second-order valence-corrected chi connectivity index (χ2v) is 4.89. The Labute approximate surface area is 122 Å². The molecule has 0 saturated heterocycles. The standard InChI is InChI=1S/C17H15NO3/c19-17(20)11-21-8-7-12-5-6-16-15(9-12)14-4-2-1-3-13(14)10-18-16/h1-6,9-10H,7-8,11H2,(H,19,20). The van der Waals surface area contributed by atoms with Crippen molar-refractivity contribution in [3.8, 4) is 0 Å². The van der Waals surface area contributed by atoms with Crippen LogP contribution in [0.1, 0.15) is 5.56 Å². The molecule has 0 unspecified atom stereocenters. The van der Waals surface area contributed by atoms with Crippen LogP contribution in [0.3, 0.4) is 0 Å². The van der Waals surface area contributed by atoms with Crippen LogP contribution in [0.5, 0.6) is 0 Å².